The van der Waals surface area contributed by atoms with Crippen LogP contribution in [-0.2, 0) is 6.54 Å². The maximum absolute atomic E-state index is 13.0. The summed E-state index contributed by atoms with van der Waals surface area (Å²) >= 11 is 0. The predicted molar refractivity (Wildman–Crippen MR) is 84.2 cm³/mol. The van der Waals surface area contributed by atoms with Gasteiger partial charge < -0.3 is 14.7 Å². The number of hydrogen-bond donors (Lipinski definition) is 1. The van der Waals surface area contributed by atoms with Gasteiger partial charge in [0.25, 0.3) is 0 Å². The van der Waals surface area contributed by atoms with Crippen molar-refractivity contribution < 1.29 is 13.7 Å². The van der Waals surface area contributed by atoms with Crippen molar-refractivity contribution in [3.63, 3.8) is 0 Å². The first kappa shape index (κ1) is 15.5. The number of nitrogens with zero attached hydrogens (tertiary/aromatic N) is 2. The molecule has 6 heteroatoms. The van der Waals surface area contributed by atoms with Crippen molar-refractivity contribution >= 4 is 6.03 Å². The van der Waals surface area contributed by atoms with E-state index < -0.39 is 0 Å². The van der Waals surface area contributed by atoms with Crippen molar-refractivity contribution in [1.29, 1.82) is 0 Å². The van der Waals surface area contributed by atoms with Gasteiger partial charge in [-0.05, 0) is 43.5 Å². The molecule has 1 aromatic heterocycles. The van der Waals surface area contributed by atoms with Crippen molar-refractivity contribution in [3.8, 4) is 11.3 Å². The molecule has 0 radical (unpaired) electrons. The molecule has 1 fully saturated rings. The highest BCUT2D eigenvalue weighted by Crippen LogP contribution is 2.29. The van der Waals surface area contributed by atoms with Gasteiger partial charge in [-0.15, -0.1) is 0 Å². The first-order chi connectivity index (χ1) is 11.2. The van der Waals surface area contributed by atoms with E-state index >= 15 is 0 Å². The van der Waals surface area contributed by atoms with Gasteiger partial charge in [0.15, 0.2) is 5.76 Å². The van der Waals surface area contributed by atoms with E-state index in [1.54, 1.807) is 18.2 Å². The largest absolute Gasteiger partial charge is 0.356 e. The lowest BCUT2D eigenvalue weighted by atomic mass is 10.1. The zero-order valence-corrected chi connectivity index (χ0v) is 13.1. The second kappa shape index (κ2) is 6.81. The molecule has 0 aliphatic heterocycles. The smallest absolute Gasteiger partial charge is 0.318 e. The number of halogens is 1. The second-order valence-corrected chi connectivity index (χ2v) is 5.78. The Balaban J connectivity index is 1.69. The minimum absolute atomic E-state index is 0.0549. The Bertz CT molecular complexity index is 665. The molecule has 5 nitrogen and oxygen atoms in total. The van der Waals surface area contributed by atoms with E-state index in [0.29, 0.717) is 24.5 Å². The van der Waals surface area contributed by atoms with Crippen molar-refractivity contribution in [2.24, 2.45) is 0 Å². The van der Waals surface area contributed by atoms with Gasteiger partial charge in [0.1, 0.15) is 11.5 Å². The summed E-state index contributed by atoms with van der Waals surface area (Å²) < 4.78 is 18.3. The molecular weight excluding hydrogens is 297 g/mol. The van der Waals surface area contributed by atoms with Crippen LogP contribution in [-0.4, -0.2) is 28.7 Å². The number of rotatable bonds is 6. The van der Waals surface area contributed by atoms with Crippen LogP contribution >= 0.6 is 0 Å². The highest BCUT2D eigenvalue weighted by atomic mass is 19.1. The molecule has 1 saturated carbocycles. The first-order valence-corrected chi connectivity index (χ1v) is 7.93. The standard InChI is InChI=1S/C17H20FN3O2/c1-2-9-19-17(22)21(15-7-8-15)11-14-10-16(23-20-14)12-3-5-13(18)6-4-12/h3-6,10,15H,2,7-9,11H2,1H3,(H,19,22). The number of urea groups is 1. The van der Waals surface area contributed by atoms with Gasteiger partial charge in [-0.2, -0.15) is 0 Å². The van der Waals surface area contributed by atoms with Crippen molar-refractivity contribution in [2.45, 2.75) is 38.8 Å². The minimum atomic E-state index is -0.291. The van der Waals surface area contributed by atoms with E-state index in [-0.39, 0.29) is 17.9 Å². The van der Waals surface area contributed by atoms with Crippen LogP contribution in [0.2, 0.25) is 0 Å². The number of carbonyl (C=O) groups excluding carboxylic acids is 1. The number of amides is 2. The number of carbonyl (C=O) groups is 1. The molecule has 122 valence electrons. The molecule has 0 atom stereocenters. The molecule has 1 aromatic carbocycles. The normalized spacial score (nSPS) is 13.8. The van der Waals surface area contributed by atoms with Gasteiger partial charge in [-0.25, -0.2) is 9.18 Å². The first-order valence-electron chi connectivity index (χ1n) is 7.93. The molecule has 0 bridgehead atoms. The zero-order chi connectivity index (χ0) is 16.2. The molecule has 23 heavy (non-hydrogen) atoms. The van der Waals surface area contributed by atoms with Crippen LogP contribution in [0.25, 0.3) is 11.3 Å². The fourth-order valence-corrected chi connectivity index (χ4v) is 2.40. The molecule has 3 rings (SSSR count). The van der Waals surface area contributed by atoms with E-state index in [1.165, 1.54) is 12.1 Å². The van der Waals surface area contributed by atoms with Crippen LogP contribution in [0, 0.1) is 5.82 Å². The van der Waals surface area contributed by atoms with E-state index in [9.17, 15) is 9.18 Å². The third kappa shape index (κ3) is 3.88. The van der Waals surface area contributed by atoms with Crippen LogP contribution < -0.4 is 5.32 Å². The van der Waals surface area contributed by atoms with Gasteiger partial charge in [0.05, 0.1) is 6.54 Å². The number of aromatic nitrogens is 1. The van der Waals surface area contributed by atoms with Gasteiger partial charge in [0.2, 0.25) is 0 Å². The van der Waals surface area contributed by atoms with Crippen LogP contribution in [0.3, 0.4) is 0 Å². The summed E-state index contributed by atoms with van der Waals surface area (Å²) in [4.78, 5) is 14.0. The fourth-order valence-electron chi connectivity index (χ4n) is 2.40. The van der Waals surface area contributed by atoms with Crippen LogP contribution in [0.5, 0.6) is 0 Å². The molecule has 2 amide bonds. The lowest BCUT2D eigenvalue weighted by Crippen LogP contribution is -2.41. The number of hydrogen-bond acceptors (Lipinski definition) is 3. The van der Waals surface area contributed by atoms with E-state index in [2.05, 4.69) is 10.5 Å². The Morgan fingerprint density at radius 3 is 2.78 bits per heavy atom. The summed E-state index contributed by atoms with van der Waals surface area (Å²) in [5.41, 5.74) is 1.46. The van der Waals surface area contributed by atoms with Crippen molar-refractivity contribution in [2.75, 3.05) is 6.54 Å². The summed E-state index contributed by atoms with van der Waals surface area (Å²) in [5, 5.41) is 6.94. The molecule has 1 aliphatic carbocycles. The van der Waals surface area contributed by atoms with E-state index in [1.807, 2.05) is 11.8 Å². The third-order valence-electron chi connectivity index (χ3n) is 3.79. The third-order valence-corrected chi connectivity index (χ3v) is 3.79. The second-order valence-electron chi connectivity index (χ2n) is 5.78. The number of nitrogens with one attached hydrogen (secondary N) is 1. The van der Waals surface area contributed by atoms with E-state index in [4.69, 9.17) is 4.52 Å². The molecule has 0 spiro atoms. The quantitative estimate of drug-likeness (QED) is 0.886. The SMILES string of the molecule is CCCNC(=O)N(Cc1cc(-c2ccc(F)cc2)on1)C1CC1. The maximum Gasteiger partial charge on any atom is 0.318 e. The highest BCUT2D eigenvalue weighted by Gasteiger charge is 2.33. The summed E-state index contributed by atoms with van der Waals surface area (Å²) in [6, 6.07) is 8.09. The lowest BCUT2D eigenvalue weighted by molar-refractivity contribution is 0.190. The number of benzene rings is 1. The topological polar surface area (TPSA) is 58.4 Å². The summed E-state index contributed by atoms with van der Waals surface area (Å²) in [6.45, 7) is 3.11. The van der Waals surface area contributed by atoms with Gasteiger partial charge in [-0.1, -0.05) is 12.1 Å². The summed E-state index contributed by atoms with van der Waals surface area (Å²) in [7, 11) is 0. The Labute approximate surface area is 134 Å². The van der Waals surface area contributed by atoms with Crippen LogP contribution in [0.4, 0.5) is 9.18 Å². The van der Waals surface area contributed by atoms with Gasteiger partial charge in [0, 0.05) is 24.2 Å². The molecule has 1 aliphatic rings. The average molecular weight is 317 g/mol. The fraction of sp³-hybridized carbons (Fsp3) is 0.412. The molecule has 0 saturated heterocycles. The van der Waals surface area contributed by atoms with Crippen molar-refractivity contribution in [3.05, 3.63) is 41.8 Å². The van der Waals surface area contributed by atoms with Crippen LogP contribution in [0.15, 0.2) is 34.9 Å². The predicted octanol–water partition coefficient (Wildman–Crippen LogP) is 3.56. The van der Waals surface area contributed by atoms with E-state index in [0.717, 1.165) is 24.8 Å². The van der Waals surface area contributed by atoms with Gasteiger partial charge in [-0.3, -0.25) is 0 Å². The Morgan fingerprint density at radius 1 is 1.39 bits per heavy atom. The lowest BCUT2D eigenvalue weighted by Gasteiger charge is -2.21. The molecule has 2 aromatic rings. The molecule has 1 N–H and O–H groups in total. The maximum atomic E-state index is 13.0. The monoisotopic (exact) mass is 317 g/mol. The Morgan fingerprint density at radius 2 is 2.13 bits per heavy atom. The van der Waals surface area contributed by atoms with Crippen LogP contribution in [0.1, 0.15) is 31.9 Å². The Hall–Kier alpha value is -2.37. The molecular formula is C17H20FN3O2. The average Bonchev–Trinajstić information content (AvgIpc) is 3.29. The highest BCUT2D eigenvalue weighted by molar-refractivity contribution is 5.74. The summed E-state index contributed by atoms with van der Waals surface area (Å²) in [6.07, 6.45) is 2.97. The molecule has 0 unspecified atom stereocenters. The van der Waals surface area contributed by atoms with Crippen molar-refractivity contribution in [1.82, 2.24) is 15.4 Å². The van der Waals surface area contributed by atoms with Gasteiger partial charge >= 0.3 is 6.03 Å². The minimum Gasteiger partial charge on any atom is -0.356 e. The zero-order valence-electron chi connectivity index (χ0n) is 13.1. The summed E-state index contributed by atoms with van der Waals surface area (Å²) in [5.74, 6) is 0.283. The Kier molecular flexibility index (Phi) is 4.60. The molecule has 1 heterocycles.